The molecule has 0 saturated carbocycles. The van der Waals surface area contributed by atoms with Crippen LogP contribution in [0, 0.1) is 0 Å². The van der Waals surface area contributed by atoms with E-state index in [-0.39, 0.29) is 16.4 Å². The van der Waals surface area contributed by atoms with Crippen molar-refractivity contribution in [1.82, 2.24) is 14.8 Å². The fourth-order valence-corrected chi connectivity index (χ4v) is 2.35. The second kappa shape index (κ2) is 4.85. The second-order valence-electron chi connectivity index (χ2n) is 4.75. The number of pyridine rings is 1. The lowest BCUT2D eigenvalue weighted by molar-refractivity contribution is 0.849. The van der Waals surface area contributed by atoms with Gasteiger partial charge in [-0.15, -0.1) is 0 Å². The van der Waals surface area contributed by atoms with Gasteiger partial charge in [0.05, 0.1) is 5.69 Å². The number of aromatic amines is 2. The van der Waals surface area contributed by atoms with Gasteiger partial charge in [-0.1, -0.05) is 31.5 Å². The minimum atomic E-state index is -0.324. The highest BCUT2D eigenvalue weighted by molar-refractivity contribution is 5.74. The molecule has 0 atom stereocenters. The van der Waals surface area contributed by atoms with Crippen molar-refractivity contribution in [3.8, 4) is 5.69 Å². The molecule has 0 fully saturated rings. The summed E-state index contributed by atoms with van der Waals surface area (Å²) in [5, 5.41) is 3.14. The van der Waals surface area contributed by atoms with Gasteiger partial charge in [0.25, 0.3) is 5.56 Å². The number of fused-ring (bicyclic) bond motifs is 1. The molecule has 0 saturated heterocycles. The largest absolute Gasteiger partial charge is 0.343 e. The number of rotatable bonds is 3. The Morgan fingerprint density at radius 2 is 1.90 bits per heavy atom. The van der Waals surface area contributed by atoms with E-state index in [0.29, 0.717) is 11.3 Å². The van der Waals surface area contributed by atoms with Gasteiger partial charge in [0.15, 0.2) is 5.43 Å². The SMILES string of the molecule is CCCc1cc(=O)c2c(=O)n(-c3ccccc3)[nH]c2[nH]1. The summed E-state index contributed by atoms with van der Waals surface area (Å²) in [5.41, 5.74) is 1.47. The molecule has 3 aromatic rings. The fourth-order valence-electron chi connectivity index (χ4n) is 2.35. The first-order valence-electron chi connectivity index (χ1n) is 6.63. The molecule has 3 rings (SSSR count). The van der Waals surface area contributed by atoms with Crippen molar-refractivity contribution in [1.29, 1.82) is 0 Å². The summed E-state index contributed by atoms with van der Waals surface area (Å²) in [5.74, 6) is 0. The zero-order valence-corrected chi connectivity index (χ0v) is 11.1. The number of hydrogen-bond acceptors (Lipinski definition) is 2. The molecule has 0 unspecified atom stereocenters. The number of benzene rings is 1. The first-order valence-corrected chi connectivity index (χ1v) is 6.63. The van der Waals surface area contributed by atoms with E-state index < -0.39 is 0 Å². The molecule has 0 amide bonds. The number of aryl methyl sites for hydroxylation is 1. The van der Waals surface area contributed by atoms with E-state index >= 15 is 0 Å². The molecule has 0 spiro atoms. The Kier molecular flexibility index (Phi) is 3.02. The highest BCUT2D eigenvalue weighted by atomic mass is 16.1. The maximum atomic E-state index is 12.3. The normalized spacial score (nSPS) is 11.1. The predicted molar refractivity (Wildman–Crippen MR) is 78.5 cm³/mol. The molecule has 20 heavy (non-hydrogen) atoms. The van der Waals surface area contributed by atoms with Crippen LogP contribution in [0.5, 0.6) is 0 Å². The maximum absolute atomic E-state index is 12.3. The van der Waals surface area contributed by atoms with Gasteiger partial charge in [0.1, 0.15) is 11.0 Å². The molecule has 2 heterocycles. The van der Waals surface area contributed by atoms with Gasteiger partial charge in [-0.3, -0.25) is 14.7 Å². The smallest absolute Gasteiger partial charge is 0.284 e. The van der Waals surface area contributed by atoms with Crippen molar-refractivity contribution in [2.45, 2.75) is 19.8 Å². The Balaban J connectivity index is 2.28. The topological polar surface area (TPSA) is 70.7 Å². The van der Waals surface area contributed by atoms with Crippen molar-refractivity contribution < 1.29 is 0 Å². The van der Waals surface area contributed by atoms with E-state index in [1.165, 1.54) is 10.7 Å². The van der Waals surface area contributed by atoms with Crippen LogP contribution in [-0.4, -0.2) is 14.8 Å². The number of H-pyrrole nitrogens is 2. The summed E-state index contributed by atoms with van der Waals surface area (Å²) in [7, 11) is 0. The predicted octanol–water partition coefficient (Wildman–Crippen LogP) is 1.96. The number of nitrogens with one attached hydrogen (secondary N) is 2. The quantitative estimate of drug-likeness (QED) is 0.763. The summed E-state index contributed by atoms with van der Waals surface area (Å²) < 4.78 is 1.39. The lowest BCUT2D eigenvalue weighted by Gasteiger charge is -1.99. The molecule has 0 aliphatic heterocycles. The highest BCUT2D eigenvalue weighted by Gasteiger charge is 2.12. The molecule has 2 N–H and O–H groups in total. The molecular formula is C15H15N3O2. The molecule has 0 aliphatic carbocycles. The van der Waals surface area contributed by atoms with E-state index in [9.17, 15) is 9.59 Å². The number of hydrogen-bond donors (Lipinski definition) is 2. The number of aromatic nitrogens is 3. The zero-order chi connectivity index (χ0) is 14.1. The molecular weight excluding hydrogens is 254 g/mol. The molecule has 0 radical (unpaired) electrons. The first kappa shape index (κ1) is 12.5. The Labute approximate surface area is 114 Å². The molecule has 1 aromatic carbocycles. The third kappa shape index (κ3) is 1.97. The van der Waals surface area contributed by atoms with Crippen LogP contribution < -0.4 is 11.0 Å². The van der Waals surface area contributed by atoms with Crippen LogP contribution in [0.3, 0.4) is 0 Å². The van der Waals surface area contributed by atoms with Crippen LogP contribution in [0.25, 0.3) is 16.7 Å². The maximum Gasteiger partial charge on any atom is 0.284 e. The highest BCUT2D eigenvalue weighted by Crippen LogP contribution is 2.08. The van der Waals surface area contributed by atoms with Gasteiger partial charge in [0, 0.05) is 11.8 Å². The summed E-state index contributed by atoms with van der Waals surface area (Å²) in [6.07, 6.45) is 1.72. The Morgan fingerprint density at radius 1 is 1.15 bits per heavy atom. The van der Waals surface area contributed by atoms with Crippen LogP contribution >= 0.6 is 0 Å². The van der Waals surface area contributed by atoms with Crippen molar-refractivity contribution in [2.24, 2.45) is 0 Å². The van der Waals surface area contributed by atoms with Crippen molar-refractivity contribution in [3.63, 3.8) is 0 Å². The Hall–Kier alpha value is -2.56. The van der Waals surface area contributed by atoms with E-state index in [0.717, 1.165) is 18.5 Å². The zero-order valence-electron chi connectivity index (χ0n) is 11.1. The van der Waals surface area contributed by atoms with Crippen LogP contribution in [0.1, 0.15) is 19.0 Å². The van der Waals surface area contributed by atoms with Gasteiger partial charge in [0.2, 0.25) is 0 Å². The molecule has 102 valence electrons. The summed E-state index contributed by atoms with van der Waals surface area (Å²) in [6, 6.07) is 10.7. The number of para-hydroxylation sites is 1. The van der Waals surface area contributed by atoms with E-state index in [1.54, 1.807) is 0 Å². The Morgan fingerprint density at radius 3 is 2.60 bits per heavy atom. The van der Waals surface area contributed by atoms with Crippen molar-refractivity contribution >= 4 is 11.0 Å². The van der Waals surface area contributed by atoms with Crippen LogP contribution in [0.4, 0.5) is 0 Å². The first-order chi connectivity index (χ1) is 9.70. The lowest BCUT2D eigenvalue weighted by atomic mass is 10.2. The molecule has 5 nitrogen and oxygen atoms in total. The average molecular weight is 269 g/mol. The second-order valence-corrected chi connectivity index (χ2v) is 4.75. The molecule has 2 aromatic heterocycles. The fraction of sp³-hybridized carbons (Fsp3) is 0.200. The standard InChI is InChI=1S/C15H15N3O2/c1-2-6-10-9-12(19)13-14(16-10)17-18(15(13)20)11-7-4-3-5-8-11/h3-5,7-9H,2,6H2,1H3,(H2,16,17,19). The summed E-state index contributed by atoms with van der Waals surface area (Å²) in [4.78, 5) is 27.5. The Bertz CT molecular complexity index is 856. The van der Waals surface area contributed by atoms with Crippen molar-refractivity contribution in [3.05, 3.63) is 62.7 Å². The van der Waals surface area contributed by atoms with Gasteiger partial charge in [-0.2, -0.15) is 0 Å². The average Bonchev–Trinajstić information content (AvgIpc) is 2.78. The van der Waals surface area contributed by atoms with Gasteiger partial charge < -0.3 is 4.98 Å². The summed E-state index contributed by atoms with van der Waals surface area (Å²) in [6.45, 7) is 2.04. The van der Waals surface area contributed by atoms with E-state index in [4.69, 9.17) is 0 Å². The monoisotopic (exact) mass is 269 g/mol. The third-order valence-electron chi connectivity index (χ3n) is 3.26. The third-order valence-corrected chi connectivity index (χ3v) is 3.26. The number of nitrogens with zero attached hydrogens (tertiary/aromatic N) is 1. The van der Waals surface area contributed by atoms with Crippen LogP contribution in [0.15, 0.2) is 46.0 Å². The van der Waals surface area contributed by atoms with Gasteiger partial charge in [-0.05, 0) is 18.6 Å². The van der Waals surface area contributed by atoms with Crippen LogP contribution in [0.2, 0.25) is 0 Å². The van der Waals surface area contributed by atoms with Crippen molar-refractivity contribution in [2.75, 3.05) is 0 Å². The minimum Gasteiger partial charge on any atom is -0.343 e. The molecule has 0 aliphatic rings. The van der Waals surface area contributed by atoms with E-state index in [2.05, 4.69) is 10.1 Å². The van der Waals surface area contributed by atoms with Gasteiger partial charge >= 0.3 is 0 Å². The minimum absolute atomic E-state index is 0.175. The molecule has 0 bridgehead atoms. The summed E-state index contributed by atoms with van der Waals surface area (Å²) >= 11 is 0. The van der Waals surface area contributed by atoms with Crippen LogP contribution in [-0.2, 0) is 6.42 Å². The van der Waals surface area contributed by atoms with E-state index in [1.807, 2.05) is 37.3 Å². The molecule has 5 heteroatoms. The van der Waals surface area contributed by atoms with Gasteiger partial charge in [-0.25, -0.2) is 4.68 Å². The lowest BCUT2D eigenvalue weighted by Crippen LogP contribution is -2.18.